The van der Waals surface area contributed by atoms with Crippen LogP contribution in [0.2, 0.25) is 0 Å². The molecule has 8 heteroatoms. The van der Waals surface area contributed by atoms with Gasteiger partial charge >= 0.3 is 11.8 Å². The fourth-order valence-electron chi connectivity index (χ4n) is 4.18. The lowest BCUT2D eigenvalue weighted by molar-refractivity contribution is -0.158. The smallest absolute Gasteiger partial charge is 0.312 e. The van der Waals surface area contributed by atoms with Gasteiger partial charge in [-0.25, -0.2) is 4.39 Å². The van der Waals surface area contributed by atoms with Crippen LogP contribution in [0.15, 0.2) is 48.5 Å². The maximum absolute atomic E-state index is 14.0. The van der Waals surface area contributed by atoms with E-state index in [4.69, 9.17) is 0 Å². The van der Waals surface area contributed by atoms with Crippen molar-refractivity contribution in [1.29, 1.82) is 0 Å². The first-order valence-electron chi connectivity index (χ1n) is 10.8. The van der Waals surface area contributed by atoms with Gasteiger partial charge in [-0.3, -0.25) is 14.4 Å². The number of hydrogen-bond acceptors (Lipinski definition) is 4. The molecule has 2 aliphatic heterocycles. The molecule has 168 valence electrons. The van der Waals surface area contributed by atoms with Gasteiger partial charge in [0.25, 0.3) is 0 Å². The molecule has 2 aromatic carbocycles. The van der Waals surface area contributed by atoms with Gasteiger partial charge < -0.3 is 19.6 Å². The predicted molar refractivity (Wildman–Crippen MR) is 118 cm³/mol. The molecule has 2 saturated heterocycles. The molecule has 32 heavy (non-hydrogen) atoms. The Morgan fingerprint density at radius 1 is 0.844 bits per heavy atom. The van der Waals surface area contributed by atoms with E-state index in [-0.39, 0.29) is 18.3 Å². The van der Waals surface area contributed by atoms with Crippen molar-refractivity contribution < 1.29 is 18.8 Å². The van der Waals surface area contributed by atoms with Crippen molar-refractivity contribution in [2.24, 2.45) is 0 Å². The Morgan fingerprint density at radius 2 is 1.47 bits per heavy atom. The number of benzene rings is 2. The first-order valence-corrected chi connectivity index (χ1v) is 10.8. The van der Waals surface area contributed by atoms with Crippen LogP contribution in [0.1, 0.15) is 11.1 Å². The van der Waals surface area contributed by atoms with E-state index in [1.807, 2.05) is 36.1 Å². The van der Waals surface area contributed by atoms with Gasteiger partial charge in [0.1, 0.15) is 12.4 Å². The van der Waals surface area contributed by atoms with E-state index in [1.165, 1.54) is 11.0 Å². The second-order valence-electron chi connectivity index (χ2n) is 8.20. The third kappa shape index (κ3) is 4.59. The van der Waals surface area contributed by atoms with E-state index in [9.17, 15) is 18.8 Å². The van der Waals surface area contributed by atoms with Crippen molar-refractivity contribution in [2.45, 2.75) is 13.5 Å². The number of piperazine rings is 2. The minimum atomic E-state index is -0.636. The number of anilines is 1. The Labute approximate surface area is 187 Å². The van der Waals surface area contributed by atoms with Gasteiger partial charge in [0.15, 0.2) is 0 Å². The van der Waals surface area contributed by atoms with Crippen molar-refractivity contribution in [2.75, 3.05) is 50.7 Å². The summed E-state index contributed by atoms with van der Waals surface area (Å²) in [6.45, 7) is 4.91. The number of carbonyl (C=O) groups is 3. The number of aryl methyl sites for hydroxylation is 1. The highest BCUT2D eigenvalue weighted by molar-refractivity contribution is 6.35. The molecular formula is C24H27FN4O3. The van der Waals surface area contributed by atoms with Crippen molar-refractivity contribution >= 4 is 23.4 Å². The van der Waals surface area contributed by atoms with Crippen LogP contribution in [0.4, 0.5) is 10.1 Å². The highest BCUT2D eigenvalue weighted by atomic mass is 19.1. The number of carbonyl (C=O) groups excluding carboxylic acids is 3. The lowest BCUT2D eigenvalue weighted by atomic mass is 10.1. The summed E-state index contributed by atoms with van der Waals surface area (Å²) in [6, 6.07) is 14.4. The zero-order valence-corrected chi connectivity index (χ0v) is 18.2. The topological polar surface area (TPSA) is 64.2 Å². The molecule has 3 amide bonds. The van der Waals surface area contributed by atoms with Gasteiger partial charge in [-0.2, -0.15) is 0 Å². The summed E-state index contributed by atoms with van der Waals surface area (Å²) in [7, 11) is 0. The molecule has 4 rings (SSSR count). The molecule has 7 nitrogen and oxygen atoms in total. The number of hydrogen-bond donors (Lipinski definition) is 0. The minimum absolute atomic E-state index is 0.109. The molecule has 0 radical (unpaired) electrons. The normalized spacial score (nSPS) is 17.2. The predicted octanol–water partition coefficient (Wildman–Crippen LogP) is 1.65. The van der Waals surface area contributed by atoms with E-state index in [1.54, 1.807) is 28.0 Å². The molecule has 0 N–H and O–H groups in total. The van der Waals surface area contributed by atoms with Crippen molar-refractivity contribution in [3.63, 3.8) is 0 Å². The summed E-state index contributed by atoms with van der Waals surface area (Å²) in [5.41, 5.74) is 2.61. The molecule has 2 aliphatic rings. The summed E-state index contributed by atoms with van der Waals surface area (Å²) < 4.78 is 14.0. The summed E-state index contributed by atoms with van der Waals surface area (Å²) in [6.07, 6.45) is 0. The second kappa shape index (κ2) is 9.38. The van der Waals surface area contributed by atoms with Gasteiger partial charge in [-0.15, -0.1) is 0 Å². The van der Waals surface area contributed by atoms with E-state index >= 15 is 0 Å². The van der Waals surface area contributed by atoms with E-state index in [0.717, 1.165) is 11.1 Å². The van der Waals surface area contributed by atoms with Crippen LogP contribution >= 0.6 is 0 Å². The first-order chi connectivity index (χ1) is 15.4. The molecule has 0 bridgehead atoms. The Hall–Kier alpha value is -3.42. The van der Waals surface area contributed by atoms with Crippen LogP contribution in [-0.4, -0.2) is 78.2 Å². The van der Waals surface area contributed by atoms with Crippen LogP contribution in [0.25, 0.3) is 0 Å². The average Bonchev–Trinajstić information content (AvgIpc) is 2.80. The van der Waals surface area contributed by atoms with Crippen LogP contribution in [0.5, 0.6) is 0 Å². The Bertz CT molecular complexity index is 1020. The van der Waals surface area contributed by atoms with Crippen LogP contribution in [0.3, 0.4) is 0 Å². The average molecular weight is 439 g/mol. The van der Waals surface area contributed by atoms with Crippen molar-refractivity contribution in [1.82, 2.24) is 14.7 Å². The molecule has 2 heterocycles. The third-order valence-electron chi connectivity index (χ3n) is 6.17. The zero-order chi connectivity index (χ0) is 22.7. The number of amides is 3. The molecule has 0 spiro atoms. The largest absolute Gasteiger partial charge is 0.366 e. The Balaban J connectivity index is 1.30. The standard InChI is InChI=1S/C24H27FN4O3/c1-18-6-2-3-7-19(18)16-28-14-15-29(24(32)23(28)31)17-22(30)27-12-10-26(11-13-27)21-9-5-4-8-20(21)25/h2-9H,10-17H2,1H3. The summed E-state index contributed by atoms with van der Waals surface area (Å²) in [5, 5.41) is 0. The van der Waals surface area contributed by atoms with Gasteiger partial charge in [0, 0.05) is 45.8 Å². The molecular weight excluding hydrogens is 411 g/mol. The number of rotatable bonds is 5. The number of nitrogens with zero attached hydrogens (tertiary/aromatic N) is 4. The monoisotopic (exact) mass is 438 g/mol. The summed E-state index contributed by atoms with van der Waals surface area (Å²) in [5.74, 6) is -1.67. The molecule has 2 aromatic rings. The molecule has 0 aromatic heterocycles. The summed E-state index contributed by atoms with van der Waals surface area (Å²) in [4.78, 5) is 44.5. The fraction of sp³-hybridized carbons (Fsp3) is 0.375. The first kappa shape index (κ1) is 21.8. The highest BCUT2D eigenvalue weighted by Gasteiger charge is 2.34. The van der Waals surface area contributed by atoms with Crippen molar-refractivity contribution in [3.05, 3.63) is 65.5 Å². The highest BCUT2D eigenvalue weighted by Crippen LogP contribution is 2.20. The second-order valence-corrected chi connectivity index (χ2v) is 8.20. The third-order valence-corrected chi connectivity index (χ3v) is 6.17. The zero-order valence-electron chi connectivity index (χ0n) is 18.2. The van der Waals surface area contributed by atoms with Crippen LogP contribution < -0.4 is 4.90 Å². The molecule has 0 aliphatic carbocycles. The SMILES string of the molecule is Cc1ccccc1CN1CCN(CC(=O)N2CCN(c3ccccc3F)CC2)C(=O)C1=O. The maximum atomic E-state index is 14.0. The van der Waals surface area contributed by atoms with Gasteiger partial charge in [-0.1, -0.05) is 36.4 Å². The molecule has 2 fully saturated rings. The minimum Gasteiger partial charge on any atom is -0.366 e. The van der Waals surface area contributed by atoms with Gasteiger partial charge in [-0.05, 0) is 30.2 Å². The lowest BCUT2D eigenvalue weighted by Gasteiger charge is -2.38. The Morgan fingerprint density at radius 3 is 2.19 bits per heavy atom. The van der Waals surface area contributed by atoms with E-state index < -0.39 is 11.8 Å². The van der Waals surface area contributed by atoms with Crippen LogP contribution in [0, 0.1) is 12.7 Å². The van der Waals surface area contributed by atoms with E-state index in [2.05, 4.69) is 0 Å². The Kier molecular flexibility index (Phi) is 6.39. The van der Waals surface area contributed by atoms with Crippen LogP contribution in [-0.2, 0) is 20.9 Å². The van der Waals surface area contributed by atoms with Crippen molar-refractivity contribution in [3.8, 4) is 0 Å². The quantitative estimate of drug-likeness (QED) is 0.666. The lowest BCUT2D eigenvalue weighted by Crippen LogP contribution is -2.57. The maximum Gasteiger partial charge on any atom is 0.312 e. The van der Waals surface area contributed by atoms with Gasteiger partial charge in [0.05, 0.1) is 5.69 Å². The van der Waals surface area contributed by atoms with E-state index in [0.29, 0.717) is 51.5 Å². The van der Waals surface area contributed by atoms with Gasteiger partial charge in [0.2, 0.25) is 5.91 Å². The molecule has 0 atom stereocenters. The fourth-order valence-corrected chi connectivity index (χ4v) is 4.18. The number of para-hydroxylation sites is 1. The molecule has 0 saturated carbocycles. The summed E-state index contributed by atoms with van der Waals surface area (Å²) >= 11 is 0. The molecule has 0 unspecified atom stereocenters. The number of halogens is 1.